The SMILES string of the molecule is Cc1noc(C)c1-c1ccc(-c2cc(C(=O)NCCC(=O)O)c(C)[nH]2)cc1. The standard InChI is InChI=1S/C20H21N3O4/c1-11-16(20(26)21-9-8-18(24)25)10-17(22-11)14-4-6-15(7-5-14)19-12(2)23-27-13(19)3/h4-7,10,22H,8-9H2,1-3H3,(H,21,26)(H,24,25). The summed E-state index contributed by atoms with van der Waals surface area (Å²) < 4.78 is 5.22. The van der Waals surface area contributed by atoms with Gasteiger partial charge in [0.1, 0.15) is 5.76 Å². The first-order valence-electron chi connectivity index (χ1n) is 8.60. The number of benzene rings is 1. The highest BCUT2D eigenvalue weighted by molar-refractivity contribution is 5.97. The Morgan fingerprint density at radius 3 is 2.41 bits per heavy atom. The van der Waals surface area contributed by atoms with Crippen LogP contribution in [0.4, 0.5) is 0 Å². The van der Waals surface area contributed by atoms with E-state index in [9.17, 15) is 9.59 Å². The van der Waals surface area contributed by atoms with Crippen LogP contribution >= 0.6 is 0 Å². The zero-order valence-electron chi connectivity index (χ0n) is 15.4. The molecule has 140 valence electrons. The molecule has 7 heteroatoms. The van der Waals surface area contributed by atoms with Crippen LogP contribution in [-0.4, -0.2) is 33.7 Å². The number of aryl methyl sites for hydroxylation is 3. The summed E-state index contributed by atoms with van der Waals surface area (Å²) in [6.07, 6.45) is -0.106. The van der Waals surface area contributed by atoms with Crippen LogP contribution in [0.15, 0.2) is 34.9 Å². The zero-order valence-corrected chi connectivity index (χ0v) is 15.4. The average Bonchev–Trinajstić information content (AvgIpc) is 3.17. The lowest BCUT2D eigenvalue weighted by Crippen LogP contribution is -2.26. The molecule has 0 unspecified atom stereocenters. The summed E-state index contributed by atoms with van der Waals surface area (Å²) in [5.74, 6) is -0.458. The van der Waals surface area contributed by atoms with Gasteiger partial charge in [0.05, 0.1) is 17.7 Å². The molecule has 2 heterocycles. The number of carbonyl (C=O) groups excluding carboxylic acids is 1. The lowest BCUT2D eigenvalue weighted by molar-refractivity contribution is -0.136. The molecule has 0 bridgehead atoms. The van der Waals surface area contributed by atoms with Gasteiger partial charge in [-0.15, -0.1) is 0 Å². The summed E-state index contributed by atoms with van der Waals surface area (Å²) in [4.78, 5) is 26.0. The lowest BCUT2D eigenvalue weighted by Gasteiger charge is -2.03. The number of aromatic amines is 1. The minimum Gasteiger partial charge on any atom is -0.481 e. The third-order valence-corrected chi connectivity index (χ3v) is 4.40. The highest BCUT2D eigenvalue weighted by Gasteiger charge is 2.15. The van der Waals surface area contributed by atoms with Crippen LogP contribution in [0.5, 0.6) is 0 Å². The molecule has 0 fully saturated rings. The third-order valence-electron chi connectivity index (χ3n) is 4.40. The van der Waals surface area contributed by atoms with E-state index in [4.69, 9.17) is 9.63 Å². The summed E-state index contributed by atoms with van der Waals surface area (Å²) in [5, 5.41) is 15.3. The number of amides is 1. The molecule has 0 aliphatic rings. The minimum absolute atomic E-state index is 0.0975. The van der Waals surface area contributed by atoms with Crippen LogP contribution in [0.25, 0.3) is 22.4 Å². The van der Waals surface area contributed by atoms with Crippen molar-refractivity contribution in [3.8, 4) is 22.4 Å². The molecule has 0 spiro atoms. The molecule has 3 N–H and O–H groups in total. The molecule has 3 aromatic rings. The Morgan fingerprint density at radius 1 is 1.15 bits per heavy atom. The fourth-order valence-corrected chi connectivity index (χ4v) is 3.04. The molecule has 0 aliphatic carbocycles. The Balaban J connectivity index is 1.79. The maximum absolute atomic E-state index is 12.2. The van der Waals surface area contributed by atoms with Gasteiger partial charge in [-0.05, 0) is 38.0 Å². The Kier molecular flexibility index (Phi) is 5.12. The van der Waals surface area contributed by atoms with Crippen LogP contribution in [0.1, 0.15) is 33.9 Å². The molecule has 0 atom stereocenters. The van der Waals surface area contributed by atoms with Crippen molar-refractivity contribution in [3.63, 3.8) is 0 Å². The molecule has 1 amide bonds. The van der Waals surface area contributed by atoms with E-state index in [2.05, 4.69) is 15.5 Å². The molecule has 0 radical (unpaired) electrons. The number of aromatic nitrogens is 2. The van der Waals surface area contributed by atoms with E-state index in [0.717, 1.165) is 39.5 Å². The molecule has 0 saturated carbocycles. The van der Waals surface area contributed by atoms with Crippen LogP contribution in [0, 0.1) is 20.8 Å². The van der Waals surface area contributed by atoms with Crippen molar-refractivity contribution in [2.24, 2.45) is 0 Å². The van der Waals surface area contributed by atoms with Crippen molar-refractivity contribution in [1.29, 1.82) is 0 Å². The second kappa shape index (κ2) is 7.49. The fraction of sp³-hybridized carbons (Fsp3) is 0.250. The van der Waals surface area contributed by atoms with Gasteiger partial charge in [0.2, 0.25) is 0 Å². The van der Waals surface area contributed by atoms with Crippen molar-refractivity contribution < 1.29 is 19.2 Å². The van der Waals surface area contributed by atoms with Gasteiger partial charge in [-0.3, -0.25) is 9.59 Å². The lowest BCUT2D eigenvalue weighted by atomic mass is 10.0. The van der Waals surface area contributed by atoms with E-state index in [1.165, 1.54) is 0 Å². The van der Waals surface area contributed by atoms with Crippen molar-refractivity contribution in [1.82, 2.24) is 15.5 Å². The van der Waals surface area contributed by atoms with E-state index in [1.807, 2.05) is 45.0 Å². The Bertz CT molecular complexity index is 964. The van der Waals surface area contributed by atoms with E-state index < -0.39 is 5.97 Å². The van der Waals surface area contributed by atoms with Gasteiger partial charge in [-0.2, -0.15) is 0 Å². The first-order chi connectivity index (χ1) is 12.9. The molecule has 2 aromatic heterocycles. The Labute approximate surface area is 156 Å². The van der Waals surface area contributed by atoms with Crippen LogP contribution in [0.2, 0.25) is 0 Å². The smallest absolute Gasteiger partial charge is 0.305 e. The number of hydrogen-bond acceptors (Lipinski definition) is 4. The van der Waals surface area contributed by atoms with E-state index in [-0.39, 0.29) is 18.9 Å². The van der Waals surface area contributed by atoms with Crippen molar-refractivity contribution >= 4 is 11.9 Å². The molecule has 3 rings (SSSR count). The number of carboxylic acid groups (broad SMARTS) is 1. The van der Waals surface area contributed by atoms with Crippen molar-refractivity contribution in [2.45, 2.75) is 27.2 Å². The van der Waals surface area contributed by atoms with Crippen molar-refractivity contribution in [3.05, 3.63) is 53.0 Å². The fourth-order valence-electron chi connectivity index (χ4n) is 3.04. The van der Waals surface area contributed by atoms with Gasteiger partial charge < -0.3 is 19.9 Å². The quantitative estimate of drug-likeness (QED) is 0.618. The van der Waals surface area contributed by atoms with E-state index >= 15 is 0 Å². The number of nitrogens with zero attached hydrogens (tertiary/aromatic N) is 1. The van der Waals surface area contributed by atoms with Gasteiger partial charge in [0.25, 0.3) is 5.91 Å². The van der Waals surface area contributed by atoms with Crippen LogP contribution in [-0.2, 0) is 4.79 Å². The Hall–Kier alpha value is -3.35. The maximum Gasteiger partial charge on any atom is 0.305 e. The number of hydrogen-bond donors (Lipinski definition) is 3. The number of aliphatic carboxylic acids is 1. The molecule has 7 nitrogen and oxygen atoms in total. The summed E-state index contributed by atoms with van der Waals surface area (Å²) in [6, 6.07) is 9.70. The monoisotopic (exact) mass is 367 g/mol. The summed E-state index contributed by atoms with van der Waals surface area (Å²) in [5.41, 5.74) is 5.85. The van der Waals surface area contributed by atoms with E-state index in [1.54, 1.807) is 6.07 Å². The van der Waals surface area contributed by atoms with Gasteiger partial charge in [0, 0.05) is 23.5 Å². The first kappa shape index (κ1) is 18.4. The summed E-state index contributed by atoms with van der Waals surface area (Å²) in [6.45, 7) is 5.70. The minimum atomic E-state index is -0.944. The predicted molar refractivity (Wildman–Crippen MR) is 101 cm³/mol. The molecule has 0 aliphatic heterocycles. The molecule has 27 heavy (non-hydrogen) atoms. The Morgan fingerprint density at radius 2 is 1.81 bits per heavy atom. The average molecular weight is 367 g/mol. The topological polar surface area (TPSA) is 108 Å². The van der Waals surface area contributed by atoms with Gasteiger partial charge in [0.15, 0.2) is 0 Å². The van der Waals surface area contributed by atoms with Crippen molar-refractivity contribution in [2.75, 3.05) is 6.54 Å². The van der Waals surface area contributed by atoms with Gasteiger partial charge in [-0.1, -0.05) is 29.4 Å². The normalized spacial score (nSPS) is 10.8. The van der Waals surface area contributed by atoms with Crippen LogP contribution < -0.4 is 5.32 Å². The second-order valence-corrected chi connectivity index (χ2v) is 6.40. The summed E-state index contributed by atoms with van der Waals surface area (Å²) >= 11 is 0. The van der Waals surface area contributed by atoms with Gasteiger partial charge >= 0.3 is 5.97 Å². The number of rotatable bonds is 6. The predicted octanol–water partition coefficient (Wildman–Crippen LogP) is 3.47. The number of nitrogens with one attached hydrogen (secondary N) is 2. The molecular formula is C20H21N3O4. The highest BCUT2D eigenvalue weighted by atomic mass is 16.5. The summed E-state index contributed by atoms with van der Waals surface area (Å²) in [7, 11) is 0. The number of carboxylic acids is 1. The zero-order chi connectivity index (χ0) is 19.6. The number of H-pyrrole nitrogens is 1. The molecule has 0 saturated heterocycles. The highest BCUT2D eigenvalue weighted by Crippen LogP contribution is 2.29. The number of carbonyl (C=O) groups is 2. The van der Waals surface area contributed by atoms with Gasteiger partial charge in [-0.25, -0.2) is 0 Å². The van der Waals surface area contributed by atoms with Crippen LogP contribution in [0.3, 0.4) is 0 Å². The third kappa shape index (κ3) is 3.92. The van der Waals surface area contributed by atoms with E-state index in [0.29, 0.717) is 5.56 Å². The first-order valence-corrected chi connectivity index (χ1v) is 8.60. The molecule has 1 aromatic carbocycles. The second-order valence-electron chi connectivity index (χ2n) is 6.40. The molecular weight excluding hydrogens is 346 g/mol. The maximum atomic E-state index is 12.2. The largest absolute Gasteiger partial charge is 0.481 e.